The van der Waals surface area contributed by atoms with Gasteiger partial charge < -0.3 is 5.32 Å². The van der Waals surface area contributed by atoms with Gasteiger partial charge in [-0.05, 0) is 30.5 Å². The van der Waals surface area contributed by atoms with Crippen molar-refractivity contribution in [1.29, 1.82) is 0 Å². The summed E-state index contributed by atoms with van der Waals surface area (Å²) in [5.74, 6) is 0. The molecule has 10 heavy (non-hydrogen) atoms. The summed E-state index contributed by atoms with van der Waals surface area (Å²) in [5, 5.41) is 8.51. The van der Waals surface area contributed by atoms with Gasteiger partial charge in [0.05, 0.1) is 0 Å². The Morgan fingerprint density at radius 2 is 2.60 bits per heavy atom. The van der Waals surface area contributed by atoms with Crippen LogP contribution >= 0.6 is 11.3 Å². The van der Waals surface area contributed by atoms with Crippen molar-refractivity contribution in [2.24, 2.45) is 0 Å². The van der Waals surface area contributed by atoms with Gasteiger partial charge in [-0.25, -0.2) is 0 Å². The third-order valence-corrected chi connectivity index (χ3v) is 2.25. The highest BCUT2D eigenvalue weighted by Gasteiger charge is 2.05. The minimum Gasteiger partial charge on any atom is -0.313 e. The van der Waals surface area contributed by atoms with Crippen LogP contribution in [0.2, 0.25) is 0 Å². The zero-order valence-electron chi connectivity index (χ0n) is 6.35. The van der Waals surface area contributed by atoms with Gasteiger partial charge in [0.2, 0.25) is 0 Å². The maximum Gasteiger partial charge on any atom is 0.0493 e. The molecule has 1 radical (unpaired) electrons. The van der Waals surface area contributed by atoms with E-state index in [2.05, 4.69) is 29.1 Å². The van der Waals surface area contributed by atoms with E-state index >= 15 is 0 Å². The normalized spacial score (nSPS) is 13.4. The minimum absolute atomic E-state index is 0.492. The molecule has 0 aromatic carbocycles. The van der Waals surface area contributed by atoms with Gasteiger partial charge in [0.25, 0.3) is 0 Å². The van der Waals surface area contributed by atoms with Crippen molar-refractivity contribution >= 4 is 11.3 Å². The minimum atomic E-state index is 0.492. The monoisotopic (exact) mass is 154 g/mol. The van der Waals surface area contributed by atoms with E-state index in [0.29, 0.717) is 6.04 Å². The Hall–Kier alpha value is -0.340. The van der Waals surface area contributed by atoms with Crippen LogP contribution in [0.25, 0.3) is 0 Å². The maximum atomic E-state index is 3.23. The summed E-state index contributed by atoms with van der Waals surface area (Å²) in [5.41, 5.74) is 1.29. The van der Waals surface area contributed by atoms with Crippen LogP contribution in [0.3, 0.4) is 0 Å². The summed E-state index contributed by atoms with van der Waals surface area (Å²) in [6, 6.07) is 2.61. The van der Waals surface area contributed by atoms with Crippen molar-refractivity contribution in [3.05, 3.63) is 22.4 Å². The fourth-order valence-electron chi connectivity index (χ4n) is 1.01. The van der Waals surface area contributed by atoms with Gasteiger partial charge in [0.1, 0.15) is 0 Å². The number of nitrogens with one attached hydrogen (secondary N) is 1. The molecule has 2 heteroatoms. The molecule has 1 heterocycles. The molecular weight excluding hydrogens is 142 g/mol. The number of thiophene rings is 1. The maximum absolute atomic E-state index is 3.23. The molecule has 1 nitrogen and oxygen atoms in total. The standard InChI is InChI=1S/C8H12NS/c1-3-8(9-2)7-4-5-10-6-7/h4-5,8-9H,3H2,1-2H3. The van der Waals surface area contributed by atoms with E-state index in [9.17, 15) is 0 Å². The first-order chi connectivity index (χ1) is 4.88. The fourth-order valence-corrected chi connectivity index (χ4v) is 1.64. The molecule has 1 aromatic rings. The van der Waals surface area contributed by atoms with E-state index in [1.54, 1.807) is 11.3 Å². The predicted octanol–water partition coefficient (Wildman–Crippen LogP) is 2.22. The molecule has 1 atom stereocenters. The Kier molecular flexibility index (Phi) is 2.90. The van der Waals surface area contributed by atoms with Crippen LogP contribution in [0, 0.1) is 5.38 Å². The van der Waals surface area contributed by atoms with Crippen LogP contribution in [0.1, 0.15) is 24.9 Å². The molecule has 1 aromatic heterocycles. The average molecular weight is 154 g/mol. The van der Waals surface area contributed by atoms with Gasteiger partial charge in [-0.15, -0.1) is 11.3 Å². The lowest BCUT2D eigenvalue weighted by atomic mass is 10.1. The molecule has 0 spiro atoms. The first-order valence-corrected chi connectivity index (χ1v) is 4.38. The molecule has 0 bridgehead atoms. The molecule has 0 amide bonds. The van der Waals surface area contributed by atoms with Crippen LogP contribution in [0.15, 0.2) is 11.4 Å². The third-order valence-electron chi connectivity index (χ3n) is 1.62. The van der Waals surface area contributed by atoms with Crippen LogP contribution in [-0.2, 0) is 0 Å². The molecule has 0 aliphatic rings. The van der Waals surface area contributed by atoms with Crippen LogP contribution < -0.4 is 5.32 Å². The lowest BCUT2D eigenvalue weighted by molar-refractivity contribution is 0.578. The third kappa shape index (κ3) is 1.58. The Morgan fingerprint density at radius 1 is 1.80 bits per heavy atom. The predicted molar refractivity (Wildman–Crippen MR) is 45.2 cm³/mol. The first-order valence-electron chi connectivity index (χ1n) is 3.50. The van der Waals surface area contributed by atoms with Gasteiger partial charge in [-0.3, -0.25) is 0 Å². The molecular formula is C8H12NS. The van der Waals surface area contributed by atoms with Crippen molar-refractivity contribution in [1.82, 2.24) is 5.32 Å². The van der Waals surface area contributed by atoms with E-state index in [0.717, 1.165) is 6.42 Å². The molecule has 0 saturated heterocycles. The van der Waals surface area contributed by atoms with E-state index in [4.69, 9.17) is 0 Å². The summed E-state index contributed by atoms with van der Waals surface area (Å²) in [6.45, 7) is 2.17. The van der Waals surface area contributed by atoms with Gasteiger partial charge in [-0.2, -0.15) is 0 Å². The Morgan fingerprint density at radius 3 is 3.00 bits per heavy atom. The highest BCUT2D eigenvalue weighted by atomic mass is 32.1. The molecule has 55 valence electrons. The summed E-state index contributed by atoms with van der Waals surface area (Å²) in [7, 11) is 1.99. The van der Waals surface area contributed by atoms with Crippen molar-refractivity contribution < 1.29 is 0 Å². The number of hydrogen-bond donors (Lipinski definition) is 1. The number of rotatable bonds is 3. The summed E-state index contributed by atoms with van der Waals surface area (Å²) < 4.78 is 0. The van der Waals surface area contributed by atoms with E-state index < -0.39 is 0 Å². The SMILES string of the molecule is CCC(NC)c1[c]scc1. The summed E-state index contributed by atoms with van der Waals surface area (Å²) in [6.07, 6.45) is 1.13. The van der Waals surface area contributed by atoms with Crippen molar-refractivity contribution in [3.63, 3.8) is 0 Å². The lowest BCUT2D eigenvalue weighted by Gasteiger charge is -2.10. The van der Waals surface area contributed by atoms with Gasteiger partial charge in [0, 0.05) is 11.4 Å². The van der Waals surface area contributed by atoms with Gasteiger partial charge in [0.15, 0.2) is 0 Å². The topological polar surface area (TPSA) is 12.0 Å². The van der Waals surface area contributed by atoms with Crippen LogP contribution in [0.5, 0.6) is 0 Å². The highest BCUT2D eigenvalue weighted by Crippen LogP contribution is 2.17. The molecule has 0 saturated carbocycles. The molecule has 0 aliphatic heterocycles. The van der Waals surface area contributed by atoms with Crippen LogP contribution in [0.4, 0.5) is 0 Å². The highest BCUT2D eigenvalue weighted by molar-refractivity contribution is 7.07. The van der Waals surface area contributed by atoms with E-state index in [-0.39, 0.29) is 0 Å². The van der Waals surface area contributed by atoms with E-state index in [1.165, 1.54) is 5.56 Å². The molecule has 0 fully saturated rings. The molecule has 0 aliphatic carbocycles. The molecule has 1 rings (SSSR count). The Balaban J connectivity index is 2.64. The first kappa shape index (κ1) is 7.76. The van der Waals surface area contributed by atoms with Crippen LogP contribution in [-0.4, -0.2) is 7.05 Å². The average Bonchev–Trinajstić information content (AvgIpc) is 2.43. The largest absolute Gasteiger partial charge is 0.313 e. The lowest BCUT2D eigenvalue weighted by Crippen LogP contribution is -2.14. The van der Waals surface area contributed by atoms with Crippen molar-refractivity contribution in [2.75, 3.05) is 7.05 Å². The van der Waals surface area contributed by atoms with E-state index in [1.807, 2.05) is 7.05 Å². The second-order valence-electron chi connectivity index (χ2n) is 2.23. The fraction of sp³-hybridized carbons (Fsp3) is 0.500. The Labute approximate surface area is 66.1 Å². The second kappa shape index (κ2) is 3.74. The second-order valence-corrected chi connectivity index (χ2v) is 2.94. The molecule has 1 unspecified atom stereocenters. The molecule has 1 N–H and O–H groups in total. The van der Waals surface area contributed by atoms with Crippen molar-refractivity contribution in [2.45, 2.75) is 19.4 Å². The zero-order valence-corrected chi connectivity index (χ0v) is 7.16. The Bertz CT molecular complexity index is 165. The van der Waals surface area contributed by atoms with Gasteiger partial charge in [-0.1, -0.05) is 6.92 Å². The van der Waals surface area contributed by atoms with Crippen molar-refractivity contribution in [3.8, 4) is 0 Å². The van der Waals surface area contributed by atoms with Gasteiger partial charge >= 0.3 is 0 Å². The zero-order chi connectivity index (χ0) is 7.40. The smallest absolute Gasteiger partial charge is 0.0493 e. The summed E-state index contributed by atoms with van der Waals surface area (Å²) >= 11 is 1.63. The quantitative estimate of drug-likeness (QED) is 0.704. The number of hydrogen-bond acceptors (Lipinski definition) is 2. The summed E-state index contributed by atoms with van der Waals surface area (Å²) in [4.78, 5) is 0.